The maximum Gasteiger partial charge on any atom is 0.244 e. The van der Waals surface area contributed by atoms with E-state index in [0.717, 1.165) is 15.7 Å². The number of likely N-dealkylation sites (N-methyl/N-ethyl adjacent to an activating group) is 1. The predicted octanol–water partition coefficient (Wildman–Crippen LogP) is 2.78. The molecule has 0 heterocycles. The highest BCUT2D eigenvalue weighted by Crippen LogP contribution is 2.23. The lowest BCUT2D eigenvalue weighted by Crippen LogP contribution is -2.48. The minimum atomic E-state index is -3.44. The van der Waals surface area contributed by atoms with Crippen molar-refractivity contribution in [2.75, 3.05) is 29.7 Å². The van der Waals surface area contributed by atoms with Gasteiger partial charge in [-0.1, -0.05) is 15.9 Å². The number of rotatable bonds is 8. The Hall–Kier alpha value is -0.570. The molecule has 0 aliphatic carbocycles. The van der Waals surface area contributed by atoms with Crippen LogP contribution in [0.1, 0.15) is 18.9 Å². The second kappa shape index (κ2) is 9.05. The van der Waals surface area contributed by atoms with Crippen LogP contribution in [0.3, 0.4) is 0 Å². The fraction of sp³-hybridized carbons (Fsp3) is 0.533. The van der Waals surface area contributed by atoms with Crippen molar-refractivity contribution >= 4 is 49.3 Å². The number of thioether (sulfide) groups is 1. The average Bonchev–Trinajstić information content (AvgIpc) is 2.52. The first kappa shape index (κ1) is 20.5. The molecule has 0 saturated heterocycles. The molecule has 0 aromatic heterocycles. The monoisotopic (exact) mass is 422 g/mol. The Morgan fingerprint density at radius 1 is 1.43 bits per heavy atom. The highest BCUT2D eigenvalue weighted by molar-refractivity contribution is 9.10. The Labute approximate surface area is 151 Å². The Morgan fingerprint density at radius 2 is 2.09 bits per heavy atom. The van der Waals surface area contributed by atoms with Crippen molar-refractivity contribution in [1.29, 1.82) is 0 Å². The van der Waals surface area contributed by atoms with Crippen LogP contribution < -0.4 is 9.62 Å². The zero-order valence-corrected chi connectivity index (χ0v) is 17.0. The number of hydrogen-bond donors (Lipinski definition) is 1. The molecule has 1 unspecified atom stereocenters. The molecule has 1 aromatic carbocycles. The highest BCUT2D eigenvalue weighted by atomic mass is 79.9. The van der Waals surface area contributed by atoms with Crippen molar-refractivity contribution in [2.45, 2.75) is 26.3 Å². The van der Waals surface area contributed by atoms with Crippen LogP contribution in [-0.2, 0) is 14.8 Å². The highest BCUT2D eigenvalue weighted by Gasteiger charge is 2.26. The van der Waals surface area contributed by atoms with E-state index >= 15 is 0 Å². The Kier molecular flexibility index (Phi) is 8.06. The maximum atomic E-state index is 12.7. The van der Waals surface area contributed by atoms with E-state index in [1.54, 1.807) is 25.7 Å². The number of nitrogens with zero attached hydrogens (tertiary/aromatic N) is 1. The van der Waals surface area contributed by atoms with Crippen molar-refractivity contribution in [3.63, 3.8) is 0 Å². The summed E-state index contributed by atoms with van der Waals surface area (Å²) in [5, 5.41) is 0. The zero-order valence-electron chi connectivity index (χ0n) is 13.8. The first-order chi connectivity index (χ1) is 10.7. The Morgan fingerprint density at radius 3 is 2.61 bits per heavy atom. The van der Waals surface area contributed by atoms with Crippen LogP contribution in [0.4, 0.5) is 5.69 Å². The number of sulfonamides is 1. The number of aryl methyl sites for hydroxylation is 1. The van der Waals surface area contributed by atoms with E-state index in [1.165, 1.54) is 4.90 Å². The summed E-state index contributed by atoms with van der Waals surface area (Å²) in [5.41, 5.74) is 1.75. The van der Waals surface area contributed by atoms with Gasteiger partial charge in [-0.2, -0.15) is 11.8 Å². The molecule has 23 heavy (non-hydrogen) atoms. The van der Waals surface area contributed by atoms with Crippen LogP contribution in [0.5, 0.6) is 0 Å². The molecule has 1 atom stereocenters. The van der Waals surface area contributed by atoms with Gasteiger partial charge < -0.3 is 4.90 Å². The largest absolute Gasteiger partial charge is 0.314 e. The summed E-state index contributed by atoms with van der Waals surface area (Å²) in [5.74, 6) is 0.408. The molecule has 0 bridgehead atoms. The van der Waals surface area contributed by atoms with E-state index in [0.29, 0.717) is 12.2 Å². The lowest BCUT2D eigenvalue weighted by Gasteiger charge is -2.25. The molecule has 0 saturated carbocycles. The number of carbonyl (C=O) groups is 1. The van der Waals surface area contributed by atoms with Crippen molar-refractivity contribution < 1.29 is 13.2 Å². The topological polar surface area (TPSA) is 66.5 Å². The van der Waals surface area contributed by atoms with Crippen LogP contribution in [0, 0.1) is 6.92 Å². The van der Waals surface area contributed by atoms with E-state index in [2.05, 4.69) is 20.7 Å². The molecule has 0 aliphatic heterocycles. The quantitative estimate of drug-likeness (QED) is 0.699. The van der Waals surface area contributed by atoms with Gasteiger partial charge in [0.25, 0.3) is 0 Å². The molecular weight excluding hydrogens is 400 g/mol. The molecule has 8 heteroatoms. The molecule has 1 aromatic rings. The third-order valence-electron chi connectivity index (χ3n) is 3.47. The molecule has 0 fully saturated rings. The Balaban J connectivity index is 2.99. The van der Waals surface area contributed by atoms with Gasteiger partial charge in [-0.15, -0.1) is 0 Å². The smallest absolute Gasteiger partial charge is 0.244 e. The first-order valence-electron chi connectivity index (χ1n) is 7.24. The number of amides is 1. The van der Waals surface area contributed by atoms with Gasteiger partial charge >= 0.3 is 0 Å². The standard InChI is InChI=1S/C15H23BrN2O3S2/c1-5-23(20,21)17-14(8-9-22-4)15(19)18(3)12-6-7-13(16)11(2)10-12/h6-7,10,14,17H,5,8-9H2,1-4H3. The van der Waals surface area contributed by atoms with Crippen LogP contribution in [0.2, 0.25) is 0 Å². The number of anilines is 1. The number of halogens is 1. The van der Waals surface area contributed by atoms with E-state index < -0.39 is 16.1 Å². The molecule has 0 aliphatic rings. The van der Waals surface area contributed by atoms with Gasteiger partial charge in [0, 0.05) is 17.2 Å². The number of benzene rings is 1. The third-order valence-corrected chi connectivity index (χ3v) is 6.41. The molecule has 0 radical (unpaired) electrons. The minimum absolute atomic E-state index is 0.0445. The number of nitrogens with one attached hydrogen (secondary N) is 1. The number of carbonyl (C=O) groups excluding carboxylic acids is 1. The SMILES string of the molecule is CCS(=O)(=O)NC(CCSC)C(=O)N(C)c1ccc(Br)c(C)c1. The van der Waals surface area contributed by atoms with Gasteiger partial charge in [-0.25, -0.2) is 13.1 Å². The zero-order chi connectivity index (χ0) is 17.6. The summed E-state index contributed by atoms with van der Waals surface area (Å²) in [6, 6.07) is 4.85. The molecular formula is C15H23BrN2O3S2. The molecule has 1 N–H and O–H groups in total. The Bertz CT molecular complexity index is 650. The van der Waals surface area contributed by atoms with Crippen LogP contribution >= 0.6 is 27.7 Å². The van der Waals surface area contributed by atoms with E-state index in [-0.39, 0.29) is 11.7 Å². The summed E-state index contributed by atoms with van der Waals surface area (Å²) < 4.78 is 27.2. The second-order valence-corrected chi connectivity index (χ2v) is 9.07. The summed E-state index contributed by atoms with van der Waals surface area (Å²) in [6.07, 6.45) is 2.39. The minimum Gasteiger partial charge on any atom is -0.314 e. The van der Waals surface area contributed by atoms with Crippen LogP contribution in [0.15, 0.2) is 22.7 Å². The summed E-state index contributed by atoms with van der Waals surface area (Å²) in [6.45, 7) is 3.50. The summed E-state index contributed by atoms with van der Waals surface area (Å²) in [7, 11) is -1.77. The van der Waals surface area contributed by atoms with Crippen LogP contribution in [0.25, 0.3) is 0 Å². The fourth-order valence-corrected chi connectivity index (χ4v) is 3.50. The molecule has 0 spiro atoms. The maximum absolute atomic E-state index is 12.7. The predicted molar refractivity (Wildman–Crippen MR) is 102 cm³/mol. The van der Waals surface area contributed by atoms with Gasteiger partial charge in [0.05, 0.1) is 5.75 Å². The average molecular weight is 423 g/mol. The van der Waals surface area contributed by atoms with Crippen molar-refractivity contribution in [2.24, 2.45) is 0 Å². The first-order valence-corrected chi connectivity index (χ1v) is 11.1. The molecule has 130 valence electrons. The normalized spacial score (nSPS) is 12.9. The fourth-order valence-electron chi connectivity index (χ4n) is 1.97. The third kappa shape index (κ3) is 6.10. The van der Waals surface area contributed by atoms with Gasteiger partial charge in [0.15, 0.2) is 0 Å². The van der Waals surface area contributed by atoms with Crippen molar-refractivity contribution in [3.05, 3.63) is 28.2 Å². The lowest BCUT2D eigenvalue weighted by molar-refractivity contribution is -0.119. The summed E-state index contributed by atoms with van der Waals surface area (Å²) in [4.78, 5) is 14.2. The van der Waals surface area contributed by atoms with E-state index in [9.17, 15) is 13.2 Å². The van der Waals surface area contributed by atoms with Gasteiger partial charge in [0.2, 0.25) is 15.9 Å². The van der Waals surface area contributed by atoms with E-state index in [1.807, 2.05) is 31.4 Å². The molecule has 1 amide bonds. The molecule has 5 nitrogen and oxygen atoms in total. The van der Waals surface area contributed by atoms with Gasteiger partial charge in [-0.3, -0.25) is 4.79 Å². The van der Waals surface area contributed by atoms with E-state index in [4.69, 9.17) is 0 Å². The second-order valence-electron chi connectivity index (χ2n) is 5.19. The lowest BCUT2D eigenvalue weighted by atomic mass is 10.1. The van der Waals surface area contributed by atoms with Crippen molar-refractivity contribution in [1.82, 2.24) is 4.72 Å². The van der Waals surface area contributed by atoms with Crippen molar-refractivity contribution in [3.8, 4) is 0 Å². The van der Waals surface area contributed by atoms with Crippen LogP contribution in [-0.4, -0.2) is 45.2 Å². The van der Waals surface area contributed by atoms with Gasteiger partial charge in [0.1, 0.15) is 6.04 Å². The van der Waals surface area contributed by atoms with Gasteiger partial charge in [-0.05, 0) is 56.0 Å². The molecule has 1 rings (SSSR count). The summed E-state index contributed by atoms with van der Waals surface area (Å²) >= 11 is 5.01. The number of hydrogen-bond acceptors (Lipinski definition) is 4.